The maximum Gasteiger partial charge on any atom is 0.221 e. The first-order valence-corrected chi connectivity index (χ1v) is 7.24. The smallest absolute Gasteiger partial charge is 0.221 e. The molecule has 0 aliphatic carbocycles. The van der Waals surface area contributed by atoms with Crippen LogP contribution in [-0.2, 0) is 4.79 Å². The fourth-order valence-corrected chi connectivity index (χ4v) is 2.82. The van der Waals surface area contributed by atoms with Crippen molar-refractivity contribution in [3.63, 3.8) is 0 Å². The van der Waals surface area contributed by atoms with Crippen LogP contribution in [0.15, 0.2) is 41.8 Å². The largest absolute Gasteiger partial charge is 0.377 e. The average molecular weight is 274 g/mol. The fraction of sp³-hybridized carbons (Fsp3) is 0.267. The minimum Gasteiger partial charge on any atom is -0.377 e. The van der Waals surface area contributed by atoms with E-state index in [0.29, 0.717) is 6.04 Å². The lowest BCUT2D eigenvalue weighted by atomic mass is 10.1. The molecule has 2 aromatic rings. The van der Waals surface area contributed by atoms with Gasteiger partial charge in [0.25, 0.3) is 0 Å². The Bertz CT molecular complexity index is 537. The second-order valence-electron chi connectivity index (χ2n) is 4.38. The average Bonchev–Trinajstić information content (AvgIpc) is 2.89. The van der Waals surface area contributed by atoms with Crippen LogP contribution < -0.4 is 10.6 Å². The van der Waals surface area contributed by atoms with E-state index in [1.807, 2.05) is 24.3 Å². The molecule has 0 bridgehead atoms. The lowest BCUT2D eigenvalue weighted by Gasteiger charge is -2.17. The summed E-state index contributed by atoms with van der Waals surface area (Å²) in [6.07, 6.45) is 1.02. The molecule has 2 rings (SSSR count). The van der Waals surface area contributed by atoms with E-state index in [2.05, 4.69) is 35.1 Å². The highest BCUT2D eigenvalue weighted by Gasteiger charge is 2.10. The number of rotatable bonds is 5. The zero-order valence-electron chi connectivity index (χ0n) is 11.1. The summed E-state index contributed by atoms with van der Waals surface area (Å²) in [5.41, 5.74) is 1.84. The van der Waals surface area contributed by atoms with Crippen LogP contribution in [0.1, 0.15) is 31.2 Å². The molecule has 100 valence electrons. The molecule has 1 aromatic heterocycles. The van der Waals surface area contributed by atoms with E-state index in [1.54, 1.807) is 11.3 Å². The van der Waals surface area contributed by atoms with Gasteiger partial charge in [-0.25, -0.2) is 0 Å². The highest BCUT2D eigenvalue weighted by Crippen LogP contribution is 2.27. The highest BCUT2D eigenvalue weighted by atomic mass is 32.1. The predicted octanol–water partition coefficient (Wildman–Crippen LogP) is 4.27. The first kappa shape index (κ1) is 13.6. The van der Waals surface area contributed by atoms with Crippen molar-refractivity contribution in [2.24, 2.45) is 0 Å². The number of carbonyl (C=O) groups is 1. The topological polar surface area (TPSA) is 41.1 Å². The lowest BCUT2D eigenvalue weighted by Crippen LogP contribution is -2.09. The predicted molar refractivity (Wildman–Crippen MR) is 81.7 cm³/mol. The minimum atomic E-state index is -0.0533. The number of anilines is 2. The van der Waals surface area contributed by atoms with Crippen molar-refractivity contribution in [2.45, 2.75) is 26.3 Å². The van der Waals surface area contributed by atoms with Gasteiger partial charge in [-0.2, -0.15) is 0 Å². The number of benzene rings is 1. The molecule has 1 amide bonds. The zero-order chi connectivity index (χ0) is 13.7. The maximum atomic E-state index is 11.1. The summed E-state index contributed by atoms with van der Waals surface area (Å²) in [5, 5.41) is 8.39. The molecule has 0 saturated carbocycles. The van der Waals surface area contributed by atoms with E-state index >= 15 is 0 Å². The van der Waals surface area contributed by atoms with Crippen LogP contribution in [0, 0.1) is 0 Å². The summed E-state index contributed by atoms with van der Waals surface area (Å²) in [7, 11) is 0. The van der Waals surface area contributed by atoms with Crippen molar-refractivity contribution >= 4 is 28.6 Å². The van der Waals surface area contributed by atoms with Gasteiger partial charge in [0.05, 0.1) is 6.04 Å². The monoisotopic (exact) mass is 274 g/mol. The van der Waals surface area contributed by atoms with Gasteiger partial charge in [-0.15, -0.1) is 11.3 Å². The number of nitrogens with one attached hydrogen (secondary N) is 2. The molecule has 3 nitrogen and oxygen atoms in total. The lowest BCUT2D eigenvalue weighted by molar-refractivity contribution is -0.114. The molecule has 0 radical (unpaired) electrons. The van der Waals surface area contributed by atoms with Gasteiger partial charge < -0.3 is 10.6 Å². The second-order valence-corrected chi connectivity index (χ2v) is 5.36. The van der Waals surface area contributed by atoms with E-state index in [1.165, 1.54) is 11.8 Å². The van der Waals surface area contributed by atoms with E-state index in [9.17, 15) is 4.79 Å². The first-order chi connectivity index (χ1) is 9.19. The Labute approximate surface area is 117 Å². The van der Waals surface area contributed by atoms with Crippen molar-refractivity contribution in [3.05, 3.63) is 46.7 Å². The van der Waals surface area contributed by atoms with Crippen molar-refractivity contribution in [2.75, 3.05) is 10.6 Å². The summed E-state index contributed by atoms with van der Waals surface area (Å²) >= 11 is 1.76. The molecular weight excluding hydrogens is 256 g/mol. The molecule has 1 atom stereocenters. The Kier molecular flexibility index (Phi) is 4.58. The minimum absolute atomic E-state index is 0.0533. The maximum absolute atomic E-state index is 11.1. The number of carbonyl (C=O) groups excluding carboxylic acids is 1. The summed E-state index contributed by atoms with van der Waals surface area (Å²) in [4.78, 5) is 12.4. The van der Waals surface area contributed by atoms with Gasteiger partial charge in [0.15, 0.2) is 0 Å². The van der Waals surface area contributed by atoms with Gasteiger partial charge in [-0.05, 0) is 36.1 Å². The Morgan fingerprint density at radius 2 is 2.05 bits per heavy atom. The SMILES string of the molecule is CCC(Nc1cccc(NC(C)=O)c1)c1cccs1. The summed E-state index contributed by atoms with van der Waals surface area (Å²) in [5.74, 6) is -0.0533. The number of hydrogen-bond donors (Lipinski definition) is 2. The quantitative estimate of drug-likeness (QED) is 0.855. The van der Waals surface area contributed by atoms with Crippen LogP contribution in [0.25, 0.3) is 0 Å². The first-order valence-electron chi connectivity index (χ1n) is 6.36. The Balaban J connectivity index is 2.11. The third-order valence-corrected chi connectivity index (χ3v) is 3.80. The van der Waals surface area contributed by atoms with Crippen LogP contribution in [0.4, 0.5) is 11.4 Å². The summed E-state index contributed by atoms with van der Waals surface area (Å²) in [6.45, 7) is 3.68. The molecule has 1 aromatic carbocycles. The van der Waals surface area contributed by atoms with E-state index in [-0.39, 0.29) is 5.91 Å². The number of hydrogen-bond acceptors (Lipinski definition) is 3. The zero-order valence-corrected chi connectivity index (χ0v) is 12.0. The molecule has 1 unspecified atom stereocenters. The van der Waals surface area contributed by atoms with Gasteiger partial charge in [0.2, 0.25) is 5.91 Å². The van der Waals surface area contributed by atoms with E-state index in [0.717, 1.165) is 17.8 Å². The molecule has 0 saturated heterocycles. The number of amides is 1. The summed E-state index contributed by atoms with van der Waals surface area (Å²) in [6, 6.07) is 12.3. The number of thiophene rings is 1. The molecular formula is C15H18N2OS. The van der Waals surface area contributed by atoms with Crippen molar-refractivity contribution in [1.29, 1.82) is 0 Å². The standard InChI is InChI=1S/C15H18N2OS/c1-3-14(15-8-5-9-19-15)17-13-7-4-6-12(10-13)16-11(2)18/h4-10,14,17H,3H2,1-2H3,(H,16,18). The van der Waals surface area contributed by atoms with Crippen LogP contribution in [-0.4, -0.2) is 5.91 Å². The van der Waals surface area contributed by atoms with Gasteiger partial charge in [0.1, 0.15) is 0 Å². The molecule has 2 N–H and O–H groups in total. The van der Waals surface area contributed by atoms with Crippen LogP contribution >= 0.6 is 11.3 Å². The molecule has 0 spiro atoms. The van der Waals surface area contributed by atoms with E-state index in [4.69, 9.17) is 0 Å². The van der Waals surface area contributed by atoms with Crippen LogP contribution in [0.3, 0.4) is 0 Å². The van der Waals surface area contributed by atoms with E-state index < -0.39 is 0 Å². The second kappa shape index (κ2) is 6.38. The third kappa shape index (κ3) is 3.83. The van der Waals surface area contributed by atoms with Gasteiger partial charge in [-0.3, -0.25) is 4.79 Å². The van der Waals surface area contributed by atoms with Crippen LogP contribution in [0.5, 0.6) is 0 Å². The van der Waals surface area contributed by atoms with Crippen LogP contribution in [0.2, 0.25) is 0 Å². The molecule has 19 heavy (non-hydrogen) atoms. The van der Waals surface area contributed by atoms with Crippen molar-refractivity contribution in [1.82, 2.24) is 0 Å². The Morgan fingerprint density at radius 1 is 1.26 bits per heavy atom. The third-order valence-electron chi connectivity index (χ3n) is 2.82. The molecule has 1 heterocycles. The molecule has 0 aliphatic heterocycles. The van der Waals surface area contributed by atoms with Gasteiger partial charge in [0, 0.05) is 23.2 Å². The Hall–Kier alpha value is -1.81. The molecule has 0 fully saturated rings. The highest BCUT2D eigenvalue weighted by molar-refractivity contribution is 7.10. The normalized spacial score (nSPS) is 11.9. The van der Waals surface area contributed by atoms with Gasteiger partial charge >= 0.3 is 0 Å². The fourth-order valence-electron chi connectivity index (χ4n) is 1.96. The van der Waals surface area contributed by atoms with Crippen molar-refractivity contribution < 1.29 is 4.79 Å². The summed E-state index contributed by atoms with van der Waals surface area (Å²) < 4.78 is 0. The molecule has 0 aliphatic rings. The molecule has 4 heteroatoms. The van der Waals surface area contributed by atoms with Crippen molar-refractivity contribution in [3.8, 4) is 0 Å². The Morgan fingerprint density at radius 3 is 2.68 bits per heavy atom. The van der Waals surface area contributed by atoms with Gasteiger partial charge in [-0.1, -0.05) is 19.1 Å².